The molecule has 3 rings (SSSR count). The molecule has 0 saturated heterocycles. The van der Waals surface area contributed by atoms with E-state index >= 15 is 0 Å². The van der Waals surface area contributed by atoms with Gasteiger partial charge in [-0.1, -0.05) is 0 Å². The van der Waals surface area contributed by atoms with Crippen molar-refractivity contribution in [3.63, 3.8) is 0 Å². The lowest BCUT2D eigenvalue weighted by Gasteiger charge is -2.13. The maximum Gasteiger partial charge on any atom is 0.277 e. The molecule has 0 unspecified atom stereocenters. The van der Waals surface area contributed by atoms with Crippen LogP contribution in [0.3, 0.4) is 0 Å². The van der Waals surface area contributed by atoms with Crippen molar-refractivity contribution in [2.45, 2.75) is 31.7 Å². The second-order valence-corrected chi connectivity index (χ2v) is 4.10. The minimum atomic E-state index is -0.0906. The summed E-state index contributed by atoms with van der Waals surface area (Å²) in [6.45, 7) is 0.816. The number of rotatable bonds is 1. The van der Waals surface area contributed by atoms with Gasteiger partial charge in [0.1, 0.15) is 5.70 Å². The lowest BCUT2D eigenvalue weighted by Crippen LogP contribution is -2.35. The largest absolute Gasteiger partial charge is 0.380 e. The molecule has 14 heavy (non-hydrogen) atoms. The SMILES string of the molecule is O=C1C2=C(NCCC2)C(=O)N1C1CC1.[HH]. The van der Waals surface area contributed by atoms with Crippen LogP contribution in [-0.2, 0) is 9.59 Å². The number of imide groups is 1. The highest BCUT2D eigenvalue weighted by atomic mass is 16.2. The first-order valence-electron chi connectivity index (χ1n) is 5.14. The second kappa shape index (κ2) is 2.59. The quantitative estimate of drug-likeness (QED) is 0.615. The highest BCUT2D eigenvalue weighted by Gasteiger charge is 2.46. The number of carbonyl (C=O) groups excluding carboxylic acids is 2. The van der Waals surface area contributed by atoms with Crippen molar-refractivity contribution in [2.24, 2.45) is 0 Å². The highest BCUT2D eigenvalue weighted by Crippen LogP contribution is 2.35. The Bertz CT molecular complexity index is 332. The zero-order valence-electron chi connectivity index (χ0n) is 7.88. The molecule has 1 aliphatic carbocycles. The molecule has 2 heterocycles. The number of nitrogens with one attached hydrogen (secondary N) is 1. The average molecular weight is 194 g/mol. The minimum absolute atomic E-state index is 0. The molecule has 2 amide bonds. The van der Waals surface area contributed by atoms with E-state index in [0.717, 1.165) is 32.2 Å². The molecule has 0 bridgehead atoms. The van der Waals surface area contributed by atoms with Crippen LogP contribution >= 0.6 is 0 Å². The molecule has 76 valence electrons. The van der Waals surface area contributed by atoms with Gasteiger partial charge in [0.25, 0.3) is 11.8 Å². The van der Waals surface area contributed by atoms with Gasteiger partial charge in [-0.25, -0.2) is 0 Å². The molecule has 0 radical (unpaired) electrons. The summed E-state index contributed by atoms with van der Waals surface area (Å²) >= 11 is 0. The van der Waals surface area contributed by atoms with E-state index in [-0.39, 0.29) is 19.3 Å². The summed E-state index contributed by atoms with van der Waals surface area (Å²) in [4.78, 5) is 25.1. The lowest BCUT2D eigenvalue weighted by molar-refractivity contribution is -0.138. The lowest BCUT2D eigenvalue weighted by atomic mass is 10.1. The zero-order valence-corrected chi connectivity index (χ0v) is 7.88. The Morgan fingerprint density at radius 1 is 1.29 bits per heavy atom. The summed E-state index contributed by atoms with van der Waals surface area (Å²) in [7, 11) is 0. The van der Waals surface area contributed by atoms with Crippen LogP contribution in [-0.4, -0.2) is 29.3 Å². The van der Waals surface area contributed by atoms with E-state index in [1.165, 1.54) is 4.90 Å². The molecule has 0 atom stereocenters. The number of nitrogens with zero attached hydrogens (tertiary/aromatic N) is 1. The van der Waals surface area contributed by atoms with Crippen molar-refractivity contribution in [3.8, 4) is 0 Å². The van der Waals surface area contributed by atoms with E-state index in [4.69, 9.17) is 0 Å². The summed E-state index contributed by atoms with van der Waals surface area (Å²) in [5.74, 6) is -0.132. The maximum atomic E-state index is 11.8. The summed E-state index contributed by atoms with van der Waals surface area (Å²) in [6.07, 6.45) is 3.68. The molecule has 0 aromatic heterocycles. The first-order chi connectivity index (χ1) is 6.79. The minimum Gasteiger partial charge on any atom is -0.380 e. The monoisotopic (exact) mass is 194 g/mol. The van der Waals surface area contributed by atoms with E-state index in [1.54, 1.807) is 0 Å². The average Bonchev–Trinajstić information content (AvgIpc) is 2.99. The predicted octanol–water partition coefficient (Wildman–Crippen LogP) is 0.401. The van der Waals surface area contributed by atoms with E-state index in [9.17, 15) is 9.59 Å². The highest BCUT2D eigenvalue weighted by molar-refractivity contribution is 6.19. The topological polar surface area (TPSA) is 49.4 Å². The fourth-order valence-electron chi connectivity index (χ4n) is 2.15. The smallest absolute Gasteiger partial charge is 0.277 e. The van der Waals surface area contributed by atoms with E-state index in [0.29, 0.717) is 11.3 Å². The molecule has 4 nitrogen and oxygen atoms in total. The first kappa shape index (κ1) is 8.03. The van der Waals surface area contributed by atoms with Gasteiger partial charge in [-0.3, -0.25) is 14.5 Å². The summed E-state index contributed by atoms with van der Waals surface area (Å²) < 4.78 is 0. The molecule has 0 aromatic rings. The van der Waals surface area contributed by atoms with Gasteiger partial charge in [-0.05, 0) is 25.7 Å². The van der Waals surface area contributed by atoms with Crippen molar-refractivity contribution in [2.75, 3.05) is 6.54 Å². The van der Waals surface area contributed by atoms with Gasteiger partial charge in [0, 0.05) is 19.6 Å². The van der Waals surface area contributed by atoms with E-state index in [1.807, 2.05) is 0 Å². The van der Waals surface area contributed by atoms with Crippen LogP contribution in [0.2, 0.25) is 0 Å². The van der Waals surface area contributed by atoms with Crippen molar-refractivity contribution in [1.82, 2.24) is 10.2 Å². The predicted molar refractivity (Wildman–Crippen MR) is 51.3 cm³/mol. The Kier molecular flexibility index (Phi) is 1.48. The Balaban J connectivity index is 0.000000853. The van der Waals surface area contributed by atoms with Gasteiger partial charge >= 0.3 is 0 Å². The van der Waals surface area contributed by atoms with Crippen molar-refractivity contribution in [3.05, 3.63) is 11.3 Å². The van der Waals surface area contributed by atoms with Crippen LogP contribution in [0.15, 0.2) is 11.3 Å². The van der Waals surface area contributed by atoms with Crippen LogP contribution in [0, 0.1) is 0 Å². The van der Waals surface area contributed by atoms with E-state index in [2.05, 4.69) is 5.32 Å². The fourth-order valence-corrected chi connectivity index (χ4v) is 2.15. The Morgan fingerprint density at radius 2 is 2.07 bits per heavy atom. The van der Waals surface area contributed by atoms with Crippen molar-refractivity contribution >= 4 is 11.8 Å². The van der Waals surface area contributed by atoms with E-state index < -0.39 is 0 Å². The van der Waals surface area contributed by atoms with Gasteiger partial charge in [-0.2, -0.15) is 0 Å². The van der Waals surface area contributed by atoms with Crippen molar-refractivity contribution < 1.29 is 11.0 Å². The van der Waals surface area contributed by atoms with Gasteiger partial charge in [0.15, 0.2) is 0 Å². The standard InChI is InChI=1S/C10H12N2O2.H2/c13-9-7-2-1-5-11-8(7)10(14)12(9)6-3-4-6;/h6,11H,1-5H2;1H. The molecular formula is C10H14N2O2. The van der Waals surface area contributed by atoms with Crippen LogP contribution in [0.5, 0.6) is 0 Å². The van der Waals surface area contributed by atoms with Crippen LogP contribution in [0.1, 0.15) is 27.1 Å². The summed E-state index contributed by atoms with van der Waals surface area (Å²) in [5, 5.41) is 3.04. The Hall–Kier alpha value is -1.32. The summed E-state index contributed by atoms with van der Waals surface area (Å²) in [6, 6.07) is 0.197. The van der Waals surface area contributed by atoms with Crippen molar-refractivity contribution in [1.29, 1.82) is 0 Å². The fraction of sp³-hybridized carbons (Fsp3) is 0.600. The maximum absolute atomic E-state index is 11.8. The van der Waals surface area contributed by atoms with Gasteiger partial charge < -0.3 is 5.32 Å². The molecule has 3 aliphatic rings. The molecule has 1 N–H and O–H groups in total. The molecule has 1 saturated carbocycles. The molecule has 2 aliphatic heterocycles. The van der Waals surface area contributed by atoms with Gasteiger partial charge in [0.05, 0.1) is 0 Å². The Morgan fingerprint density at radius 3 is 2.71 bits per heavy atom. The van der Waals surface area contributed by atoms with Gasteiger partial charge in [0.2, 0.25) is 0 Å². The third-order valence-corrected chi connectivity index (χ3v) is 3.03. The number of hydrogen-bond acceptors (Lipinski definition) is 3. The Labute approximate surface area is 83.4 Å². The first-order valence-corrected chi connectivity index (χ1v) is 5.14. The third kappa shape index (κ3) is 0.937. The molecule has 1 fully saturated rings. The molecule has 4 heteroatoms. The molecular weight excluding hydrogens is 180 g/mol. The van der Waals surface area contributed by atoms with Crippen LogP contribution in [0.4, 0.5) is 0 Å². The molecule has 0 aromatic carbocycles. The third-order valence-electron chi connectivity index (χ3n) is 3.03. The van der Waals surface area contributed by atoms with Crippen LogP contribution < -0.4 is 5.32 Å². The zero-order chi connectivity index (χ0) is 9.71. The molecule has 0 spiro atoms. The number of amides is 2. The van der Waals surface area contributed by atoms with Crippen LogP contribution in [0.25, 0.3) is 0 Å². The normalized spacial score (nSPS) is 26.7. The number of hydrogen-bond donors (Lipinski definition) is 1. The number of carbonyl (C=O) groups is 2. The second-order valence-electron chi connectivity index (χ2n) is 4.10. The van der Waals surface area contributed by atoms with Gasteiger partial charge in [-0.15, -0.1) is 0 Å². The summed E-state index contributed by atoms with van der Waals surface area (Å²) in [5.41, 5.74) is 1.29.